The van der Waals surface area contributed by atoms with Crippen LogP contribution in [0, 0.1) is 0 Å². The number of aromatic nitrogens is 1. The van der Waals surface area contributed by atoms with Gasteiger partial charge in [-0.1, -0.05) is 17.7 Å². The average molecular weight is 374 g/mol. The van der Waals surface area contributed by atoms with Gasteiger partial charge in [0, 0.05) is 24.2 Å². The number of carbonyl (C=O) groups excluding carboxylic acids is 2. The average Bonchev–Trinajstić information content (AvgIpc) is 2.62. The highest BCUT2D eigenvalue weighted by atomic mass is 35.5. The third kappa shape index (κ3) is 3.96. The number of halogens is 1. The van der Waals surface area contributed by atoms with Gasteiger partial charge in [0.1, 0.15) is 5.75 Å². The molecular formula is C19H20ClN3O3. The number of hydrogen-bond donors (Lipinski definition) is 1. The normalized spacial score (nSPS) is 15.2. The van der Waals surface area contributed by atoms with Crippen LogP contribution in [0.5, 0.6) is 5.75 Å². The maximum absolute atomic E-state index is 12.7. The van der Waals surface area contributed by atoms with Crippen molar-refractivity contribution < 1.29 is 14.3 Å². The number of fused-ring (bicyclic) bond motifs is 1. The summed E-state index contributed by atoms with van der Waals surface area (Å²) in [4.78, 5) is 30.6. The molecule has 3 rings (SSSR count). The summed E-state index contributed by atoms with van der Waals surface area (Å²) < 4.78 is 5.77. The number of benzene rings is 1. The Morgan fingerprint density at radius 3 is 2.85 bits per heavy atom. The molecule has 0 radical (unpaired) electrons. The summed E-state index contributed by atoms with van der Waals surface area (Å²) in [6, 6.07) is 10.6. The fraction of sp³-hybridized carbons (Fsp3) is 0.316. The van der Waals surface area contributed by atoms with Gasteiger partial charge in [0.2, 0.25) is 5.91 Å². The number of rotatable bonds is 5. The van der Waals surface area contributed by atoms with Crippen LogP contribution in [0.3, 0.4) is 0 Å². The molecular weight excluding hydrogens is 354 g/mol. The Labute approximate surface area is 157 Å². The molecule has 1 N–H and O–H groups in total. The van der Waals surface area contributed by atoms with Gasteiger partial charge in [-0.05, 0) is 44.2 Å². The molecule has 2 heterocycles. The van der Waals surface area contributed by atoms with Crippen LogP contribution in [-0.2, 0) is 16.1 Å². The number of pyridine rings is 1. The Balaban J connectivity index is 1.67. The molecule has 0 unspecified atom stereocenters. The minimum Gasteiger partial charge on any atom is -0.476 e. The molecule has 136 valence electrons. The number of anilines is 1. The van der Waals surface area contributed by atoms with E-state index in [2.05, 4.69) is 10.3 Å². The SMILES string of the molecule is CC1(C)Oc2ccc(Cl)cc2N(CCC(=O)NCc2ccccn2)C1=O. The summed E-state index contributed by atoms with van der Waals surface area (Å²) in [5.41, 5.74) is 0.367. The largest absolute Gasteiger partial charge is 0.476 e. The zero-order valence-corrected chi connectivity index (χ0v) is 15.4. The lowest BCUT2D eigenvalue weighted by atomic mass is 10.0. The summed E-state index contributed by atoms with van der Waals surface area (Å²) in [7, 11) is 0. The van der Waals surface area contributed by atoms with Crippen LogP contribution in [0.15, 0.2) is 42.6 Å². The molecule has 1 aromatic heterocycles. The van der Waals surface area contributed by atoms with Crippen molar-refractivity contribution in [3.05, 3.63) is 53.3 Å². The molecule has 7 heteroatoms. The Bertz CT molecular complexity index is 824. The molecule has 26 heavy (non-hydrogen) atoms. The second-order valence-corrected chi connectivity index (χ2v) is 6.97. The summed E-state index contributed by atoms with van der Waals surface area (Å²) >= 11 is 6.06. The Kier molecular flexibility index (Phi) is 5.13. The zero-order chi connectivity index (χ0) is 18.7. The third-order valence-electron chi connectivity index (χ3n) is 4.09. The summed E-state index contributed by atoms with van der Waals surface area (Å²) in [6.07, 6.45) is 1.84. The molecule has 6 nitrogen and oxygen atoms in total. The van der Waals surface area contributed by atoms with Crippen LogP contribution in [-0.4, -0.2) is 28.9 Å². The van der Waals surface area contributed by atoms with E-state index in [0.29, 0.717) is 23.0 Å². The highest BCUT2D eigenvalue weighted by molar-refractivity contribution is 6.31. The van der Waals surface area contributed by atoms with E-state index in [0.717, 1.165) is 5.69 Å². The monoisotopic (exact) mass is 373 g/mol. The zero-order valence-electron chi connectivity index (χ0n) is 14.7. The van der Waals surface area contributed by atoms with Gasteiger partial charge >= 0.3 is 0 Å². The first kappa shape index (κ1) is 18.2. The minimum atomic E-state index is -0.995. The van der Waals surface area contributed by atoms with Crippen LogP contribution in [0.4, 0.5) is 5.69 Å². The van der Waals surface area contributed by atoms with Gasteiger partial charge in [-0.25, -0.2) is 0 Å². The number of ether oxygens (including phenoxy) is 1. The molecule has 0 saturated heterocycles. The molecule has 2 amide bonds. The number of nitrogens with one attached hydrogen (secondary N) is 1. The van der Waals surface area contributed by atoms with Crippen molar-refractivity contribution >= 4 is 29.1 Å². The van der Waals surface area contributed by atoms with E-state index in [1.54, 1.807) is 43.1 Å². The van der Waals surface area contributed by atoms with Crippen LogP contribution < -0.4 is 15.0 Å². The van der Waals surface area contributed by atoms with Gasteiger partial charge < -0.3 is 15.0 Å². The van der Waals surface area contributed by atoms with E-state index in [4.69, 9.17) is 16.3 Å². The van der Waals surface area contributed by atoms with Crippen molar-refractivity contribution in [2.24, 2.45) is 0 Å². The van der Waals surface area contributed by atoms with E-state index in [9.17, 15) is 9.59 Å². The van der Waals surface area contributed by atoms with Gasteiger partial charge in [-0.2, -0.15) is 0 Å². The highest BCUT2D eigenvalue weighted by Gasteiger charge is 2.40. The predicted octanol–water partition coefficient (Wildman–Crippen LogP) is 2.95. The molecule has 0 spiro atoms. The van der Waals surface area contributed by atoms with Gasteiger partial charge in [-0.15, -0.1) is 0 Å². The maximum atomic E-state index is 12.7. The van der Waals surface area contributed by atoms with Crippen LogP contribution >= 0.6 is 11.6 Å². The molecule has 1 aromatic carbocycles. The van der Waals surface area contributed by atoms with Crippen LogP contribution in [0.1, 0.15) is 26.0 Å². The molecule has 0 bridgehead atoms. The molecule has 0 saturated carbocycles. The van der Waals surface area contributed by atoms with E-state index >= 15 is 0 Å². The fourth-order valence-corrected chi connectivity index (χ4v) is 2.92. The minimum absolute atomic E-state index is 0.156. The van der Waals surface area contributed by atoms with Crippen molar-refractivity contribution in [2.45, 2.75) is 32.4 Å². The molecule has 1 aliphatic rings. The predicted molar refractivity (Wildman–Crippen MR) is 99.2 cm³/mol. The van der Waals surface area contributed by atoms with Crippen molar-refractivity contribution in [3.63, 3.8) is 0 Å². The standard InChI is InChI=1S/C19H20ClN3O3/c1-19(2)18(25)23(15-11-13(20)6-7-16(15)26-19)10-8-17(24)22-12-14-5-3-4-9-21-14/h3-7,9,11H,8,10,12H2,1-2H3,(H,22,24). The van der Waals surface area contributed by atoms with Crippen molar-refractivity contribution in [2.75, 3.05) is 11.4 Å². The van der Waals surface area contributed by atoms with E-state index < -0.39 is 5.60 Å². The summed E-state index contributed by atoms with van der Waals surface area (Å²) in [5.74, 6) is 0.217. The lowest BCUT2D eigenvalue weighted by Crippen LogP contribution is -2.53. The fourth-order valence-electron chi connectivity index (χ4n) is 2.76. The third-order valence-corrected chi connectivity index (χ3v) is 4.33. The lowest BCUT2D eigenvalue weighted by Gasteiger charge is -2.38. The second-order valence-electron chi connectivity index (χ2n) is 6.53. The summed E-state index contributed by atoms with van der Waals surface area (Å²) in [6.45, 7) is 4.01. The first-order chi connectivity index (χ1) is 12.4. The first-order valence-electron chi connectivity index (χ1n) is 8.34. The maximum Gasteiger partial charge on any atom is 0.270 e. The Morgan fingerprint density at radius 1 is 1.31 bits per heavy atom. The van der Waals surface area contributed by atoms with E-state index in [1.165, 1.54) is 0 Å². The molecule has 0 fully saturated rings. The Morgan fingerprint density at radius 2 is 2.12 bits per heavy atom. The quantitative estimate of drug-likeness (QED) is 0.874. The van der Waals surface area contributed by atoms with E-state index in [1.807, 2.05) is 18.2 Å². The topological polar surface area (TPSA) is 71.5 Å². The van der Waals surface area contributed by atoms with Crippen molar-refractivity contribution in [1.82, 2.24) is 10.3 Å². The van der Waals surface area contributed by atoms with Crippen molar-refractivity contribution in [3.8, 4) is 5.75 Å². The highest BCUT2D eigenvalue weighted by Crippen LogP contribution is 2.39. The van der Waals surface area contributed by atoms with Crippen molar-refractivity contribution in [1.29, 1.82) is 0 Å². The molecule has 0 atom stereocenters. The van der Waals surface area contributed by atoms with Crippen LogP contribution in [0.2, 0.25) is 5.02 Å². The number of nitrogens with zero attached hydrogens (tertiary/aromatic N) is 2. The van der Waals surface area contributed by atoms with Gasteiger partial charge in [0.15, 0.2) is 5.60 Å². The first-order valence-corrected chi connectivity index (χ1v) is 8.72. The number of carbonyl (C=O) groups is 2. The second kappa shape index (κ2) is 7.33. The van der Waals surface area contributed by atoms with Gasteiger partial charge in [-0.3, -0.25) is 14.6 Å². The number of hydrogen-bond acceptors (Lipinski definition) is 4. The number of amides is 2. The lowest BCUT2D eigenvalue weighted by molar-refractivity contribution is -0.132. The smallest absolute Gasteiger partial charge is 0.270 e. The molecule has 0 aliphatic carbocycles. The molecule has 1 aliphatic heterocycles. The van der Waals surface area contributed by atoms with Gasteiger partial charge in [0.25, 0.3) is 5.91 Å². The van der Waals surface area contributed by atoms with Crippen LogP contribution in [0.25, 0.3) is 0 Å². The summed E-state index contributed by atoms with van der Waals surface area (Å²) in [5, 5.41) is 3.32. The van der Waals surface area contributed by atoms with Gasteiger partial charge in [0.05, 0.1) is 17.9 Å². The van der Waals surface area contributed by atoms with E-state index in [-0.39, 0.29) is 24.8 Å². The molecule has 2 aromatic rings. The Hall–Kier alpha value is -2.60.